The molecule has 2 atom stereocenters. The molecule has 2 aromatic carbocycles. The van der Waals surface area contributed by atoms with Crippen molar-refractivity contribution in [2.24, 2.45) is 11.8 Å². The quantitative estimate of drug-likeness (QED) is 0.335. The fourth-order valence-corrected chi connectivity index (χ4v) is 5.27. The minimum Gasteiger partial charge on any atom is -0.508 e. The Kier molecular flexibility index (Phi) is 8.69. The average Bonchev–Trinajstić information content (AvgIpc) is 3.21. The molecule has 4 rings (SSSR count). The first-order chi connectivity index (χ1) is 17.7. The van der Waals surface area contributed by atoms with Crippen LogP contribution in [0.4, 0.5) is 18.9 Å². The first-order valence-electron chi connectivity index (χ1n) is 12.8. The van der Waals surface area contributed by atoms with Crippen LogP contribution in [0.25, 0.3) is 0 Å². The zero-order chi connectivity index (χ0) is 26.4. The molecule has 0 aromatic heterocycles. The predicted octanol–water partition coefficient (Wildman–Crippen LogP) is 5.99. The molecule has 2 unspecified atom stereocenters. The summed E-state index contributed by atoms with van der Waals surface area (Å²) in [5.41, 5.74) is 1.84. The van der Waals surface area contributed by atoms with Crippen molar-refractivity contribution in [1.29, 1.82) is 0 Å². The van der Waals surface area contributed by atoms with Gasteiger partial charge in [0.1, 0.15) is 5.75 Å². The molecule has 0 saturated carbocycles. The number of allylic oxidation sites excluding steroid dienone is 2. The molecule has 1 aliphatic carbocycles. The Balaban J connectivity index is 1.20. The van der Waals surface area contributed by atoms with Crippen LogP contribution in [0.5, 0.6) is 5.75 Å². The molecular formula is C29H33F3N2O3. The summed E-state index contributed by atoms with van der Waals surface area (Å²) in [6, 6.07) is 11.9. The highest BCUT2D eigenvalue weighted by atomic mass is 19.4. The number of phenols is 1. The summed E-state index contributed by atoms with van der Waals surface area (Å²) in [6.45, 7) is 1.54. The fourth-order valence-electron chi connectivity index (χ4n) is 5.27. The van der Waals surface area contributed by atoms with Gasteiger partial charge in [-0.15, -0.1) is 0 Å². The van der Waals surface area contributed by atoms with Crippen molar-refractivity contribution in [1.82, 2.24) is 4.90 Å². The number of Topliss-reactive ketones (excluding diaryl/α,β-unsaturated/α-hetero) is 1. The number of aromatic hydroxyl groups is 1. The summed E-state index contributed by atoms with van der Waals surface area (Å²) in [5, 5.41) is 12.2. The largest absolute Gasteiger partial charge is 0.508 e. The minimum atomic E-state index is -4.33. The zero-order valence-electron chi connectivity index (χ0n) is 20.8. The molecule has 0 bridgehead atoms. The van der Waals surface area contributed by atoms with E-state index in [1.54, 1.807) is 18.2 Å². The number of likely N-dealkylation sites (tertiary alicyclic amines) is 1. The second-order valence-corrected chi connectivity index (χ2v) is 10.2. The van der Waals surface area contributed by atoms with E-state index in [2.05, 4.69) is 11.4 Å². The third-order valence-electron chi connectivity index (χ3n) is 7.26. The SMILES string of the molecule is O=C(CC1=CCCC(Cc2cccc(C(F)(F)F)c2)CC1)CN1CCC(C(=O)Nc2ccc(O)cc2)C1. The van der Waals surface area contributed by atoms with Gasteiger partial charge in [0.2, 0.25) is 5.91 Å². The maximum atomic E-state index is 13.0. The van der Waals surface area contributed by atoms with Gasteiger partial charge in [0.25, 0.3) is 0 Å². The van der Waals surface area contributed by atoms with Gasteiger partial charge in [0.15, 0.2) is 5.78 Å². The van der Waals surface area contributed by atoms with Crippen LogP contribution in [0, 0.1) is 11.8 Å². The molecule has 5 nitrogen and oxygen atoms in total. The minimum absolute atomic E-state index is 0.0843. The van der Waals surface area contributed by atoms with Crippen molar-refractivity contribution < 1.29 is 27.9 Å². The van der Waals surface area contributed by atoms with Crippen LogP contribution in [0.15, 0.2) is 60.2 Å². The highest BCUT2D eigenvalue weighted by Gasteiger charge is 2.31. The first kappa shape index (κ1) is 26.9. The molecule has 1 saturated heterocycles. The maximum absolute atomic E-state index is 13.0. The number of alkyl halides is 3. The average molecular weight is 515 g/mol. The predicted molar refractivity (Wildman–Crippen MR) is 136 cm³/mol. The lowest BCUT2D eigenvalue weighted by Gasteiger charge is -2.17. The Morgan fingerprint density at radius 3 is 2.59 bits per heavy atom. The number of amides is 1. The van der Waals surface area contributed by atoms with Gasteiger partial charge >= 0.3 is 6.18 Å². The van der Waals surface area contributed by atoms with Gasteiger partial charge in [0.05, 0.1) is 18.0 Å². The molecule has 0 radical (unpaired) electrons. The Morgan fingerprint density at radius 2 is 1.84 bits per heavy atom. The van der Waals surface area contributed by atoms with Crippen molar-refractivity contribution in [3.63, 3.8) is 0 Å². The van der Waals surface area contributed by atoms with Crippen LogP contribution in [0.1, 0.15) is 49.7 Å². The number of hydrogen-bond acceptors (Lipinski definition) is 4. The molecule has 2 N–H and O–H groups in total. The molecule has 1 fully saturated rings. The van der Waals surface area contributed by atoms with Crippen molar-refractivity contribution in [3.8, 4) is 5.75 Å². The van der Waals surface area contributed by atoms with Crippen LogP contribution < -0.4 is 5.32 Å². The van der Waals surface area contributed by atoms with E-state index >= 15 is 0 Å². The standard InChI is InChI=1S/C29H33F3N2O3/c30-29(31,32)24-6-2-5-22(16-24)15-20-3-1-4-21(8-7-20)17-27(36)19-34-14-13-23(18-34)28(37)33-25-9-11-26(35)12-10-25/h2,4-6,9-12,16,20,23,35H,1,3,7-8,13-15,17-19H2,(H,33,37). The number of anilines is 1. The van der Waals surface area contributed by atoms with Crippen LogP contribution in [-0.2, 0) is 22.2 Å². The lowest BCUT2D eigenvalue weighted by atomic mass is 9.91. The number of rotatable bonds is 8. The first-order valence-corrected chi connectivity index (χ1v) is 12.8. The number of nitrogens with zero attached hydrogens (tertiary/aromatic N) is 1. The topological polar surface area (TPSA) is 69.6 Å². The lowest BCUT2D eigenvalue weighted by molar-refractivity contribution is -0.137. The Labute approximate surface area is 215 Å². The number of benzene rings is 2. The van der Waals surface area contributed by atoms with E-state index in [-0.39, 0.29) is 23.4 Å². The summed E-state index contributed by atoms with van der Waals surface area (Å²) < 4.78 is 39.1. The van der Waals surface area contributed by atoms with E-state index in [0.29, 0.717) is 56.1 Å². The number of carbonyl (C=O) groups is 2. The summed E-state index contributed by atoms with van der Waals surface area (Å²) in [7, 11) is 0. The van der Waals surface area contributed by atoms with Crippen molar-refractivity contribution in [2.45, 2.75) is 51.1 Å². The second-order valence-electron chi connectivity index (χ2n) is 10.2. The normalized spacial score (nSPS) is 20.8. The molecular weight excluding hydrogens is 481 g/mol. The summed E-state index contributed by atoms with van der Waals surface area (Å²) in [6.07, 6.45) is 2.86. The van der Waals surface area contributed by atoms with Crippen LogP contribution >= 0.6 is 0 Å². The van der Waals surface area contributed by atoms with Crippen molar-refractivity contribution in [3.05, 3.63) is 71.3 Å². The number of nitrogens with one attached hydrogen (secondary N) is 1. The molecule has 1 amide bonds. The van der Waals surface area contributed by atoms with E-state index in [4.69, 9.17) is 0 Å². The van der Waals surface area contributed by atoms with Crippen LogP contribution in [-0.4, -0.2) is 41.3 Å². The number of hydrogen-bond donors (Lipinski definition) is 2. The number of halogens is 3. The molecule has 1 heterocycles. The lowest BCUT2D eigenvalue weighted by Crippen LogP contribution is -2.30. The monoisotopic (exact) mass is 514 g/mol. The Hall–Kier alpha value is -3.13. The van der Waals surface area contributed by atoms with Gasteiger partial charge in [-0.05, 0) is 86.9 Å². The number of ketones is 1. The molecule has 198 valence electrons. The van der Waals surface area contributed by atoms with Gasteiger partial charge < -0.3 is 10.4 Å². The smallest absolute Gasteiger partial charge is 0.416 e. The zero-order valence-corrected chi connectivity index (χ0v) is 20.8. The van der Waals surface area contributed by atoms with E-state index < -0.39 is 11.7 Å². The van der Waals surface area contributed by atoms with Gasteiger partial charge in [-0.1, -0.05) is 29.8 Å². The van der Waals surface area contributed by atoms with Crippen LogP contribution in [0.3, 0.4) is 0 Å². The van der Waals surface area contributed by atoms with E-state index in [0.717, 1.165) is 37.3 Å². The summed E-state index contributed by atoms with van der Waals surface area (Å²) in [4.78, 5) is 27.4. The molecule has 37 heavy (non-hydrogen) atoms. The summed E-state index contributed by atoms with van der Waals surface area (Å²) in [5.74, 6) is 0.286. The Morgan fingerprint density at radius 1 is 1.05 bits per heavy atom. The highest BCUT2D eigenvalue weighted by Crippen LogP contribution is 2.32. The molecule has 1 aliphatic heterocycles. The van der Waals surface area contributed by atoms with E-state index in [9.17, 15) is 27.9 Å². The van der Waals surface area contributed by atoms with E-state index in [1.807, 2.05) is 4.90 Å². The van der Waals surface area contributed by atoms with Crippen molar-refractivity contribution in [2.75, 3.05) is 25.0 Å². The highest BCUT2D eigenvalue weighted by molar-refractivity contribution is 5.93. The molecule has 2 aromatic rings. The molecule has 8 heteroatoms. The van der Waals surface area contributed by atoms with Crippen LogP contribution in [0.2, 0.25) is 0 Å². The molecule has 0 spiro atoms. The van der Waals surface area contributed by atoms with Gasteiger partial charge in [-0.2, -0.15) is 13.2 Å². The van der Waals surface area contributed by atoms with Gasteiger partial charge in [-0.25, -0.2) is 0 Å². The van der Waals surface area contributed by atoms with Gasteiger partial charge in [-0.3, -0.25) is 14.5 Å². The van der Waals surface area contributed by atoms with E-state index in [1.165, 1.54) is 24.3 Å². The third-order valence-corrected chi connectivity index (χ3v) is 7.26. The van der Waals surface area contributed by atoms with Gasteiger partial charge in [0, 0.05) is 18.7 Å². The molecule has 2 aliphatic rings. The second kappa shape index (κ2) is 11.9. The Bertz CT molecular complexity index is 1130. The van der Waals surface area contributed by atoms with Crippen molar-refractivity contribution >= 4 is 17.4 Å². The summed E-state index contributed by atoms with van der Waals surface area (Å²) >= 11 is 0. The number of carbonyl (C=O) groups excluding carboxylic acids is 2. The third kappa shape index (κ3) is 7.92. The fraction of sp³-hybridized carbons (Fsp3) is 0.448. The maximum Gasteiger partial charge on any atom is 0.416 e. The number of phenolic OH excluding ortho intramolecular Hbond substituents is 1.